The van der Waals surface area contributed by atoms with Crippen molar-refractivity contribution in [3.05, 3.63) is 28.8 Å². The number of benzene rings is 1. The van der Waals surface area contributed by atoms with Crippen molar-refractivity contribution >= 4 is 40.6 Å². The highest BCUT2D eigenvalue weighted by molar-refractivity contribution is 7.80. The summed E-state index contributed by atoms with van der Waals surface area (Å²) in [4.78, 5) is 14.2. The molecular weight excluding hydrogens is 358 g/mol. The molecule has 0 aromatic heterocycles. The molecule has 1 aliphatic heterocycles. The molecule has 1 aromatic rings. The molecule has 0 radical (unpaired) electrons. The van der Waals surface area contributed by atoms with Crippen molar-refractivity contribution in [1.82, 2.24) is 10.2 Å². The second-order valence-corrected chi connectivity index (χ2v) is 6.87. The Morgan fingerprint density at radius 2 is 2.08 bits per heavy atom. The van der Waals surface area contributed by atoms with Crippen molar-refractivity contribution in [2.45, 2.75) is 32.6 Å². The Balaban J connectivity index is 1.72. The van der Waals surface area contributed by atoms with Crippen LogP contribution in [0, 0.1) is 0 Å². The maximum atomic E-state index is 11.7. The Bertz CT molecular complexity index is 592. The molecule has 0 amide bonds. The molecule has 0 unspecified atom stereocenters. The Hall–Kier alpha value is -1.37. The van der Waals surface area contributed by atoms with Gasteiger partial charge in [-0.1, -0.05) is 18.0 Å². The number of likely N-dealkylation sites (tertiary alicyclic amines) is 1. The molecule has 1 aliphatic rings. The summed E-state index contributed by atoms with van der Waals surface area (Å²) in [6, 6.07) is 5.08. The van der Waals surface area contributed by atoms with Crippen LogP contribution in [0.15, 0.2) is 18.2 Å². The van der Waals surface area contributed by atoms with Gasteiger partial charge in [-0.05, 0) is 76.2 Å². The number of anilines is 1. The predicted molar refractivity (Wildman–Crippen MR) is 107 cm³/mol. The average Bonchev–Trinajstić information content (AvgIpc) is 2.60. The van der Waals surface area contributed by atoms with Gasteiger partial charge >= 0.3 is 5.97 Å². The van der Waals surface area contributed by atoms with E-state index in [0.717, 1.165) is 25.2 Å². The third kappa shape index (κ3) is 6.80. The maximum absolute atomic E-state index is 11.7. The SMILES string of the molecule is CCOC(=O)c1ccc(NC(=S)NCCCN2CCCCC2)cc1Cl. The van der Waals surface area contributed by atoms with Crippen LogP contribution in [-0.2, 0) is 4.74 Å². The fourth-order valence-electron chi connectivity index (χ4n) is 2.83. The molecule has 25 heavy (non-hydrogen) atoms. The zero-order valence-electron chi connectivity index (χ0n) is 14.6. The maximum Gasteiger partial charge on any atom is 0.339 e. The van der Waals surface area contributed by atoms with Gasteiger partial charge in [-0.2, -0.15) is 0 Å². The van der Waals surface area contributed by atoms with E-state index in [-0.39, 0.29) is 0 Å². The van der Waals surface area contributed by atoms with Gasteiger partial charge in [0.15, 0.2) is 5.11 Å². The predicted octanol–water partition coefficient (Wildman–Crippen LogP) is 3.68. The summed E-state index contributed by atoms with van der Waals surface area (Å²) in [5.41, 5.74) is 1.10. The summed E-state index contributed by atoms with van der Waals surface area (Å²) in [7, 11) is 0. The highest BCUT2D eigenvalue weighted by atomic mass is 35.5. The van der Waals surface area contributed by atoms with Crippen LogP contribution in [0.1, 0.15) is 43.0 Å². The quantitative estimate of drug-likeness (QED) is 0.425. The Kier molecular flexibility index (Phi) is 8.44. The molecule has 7 heteroatoms. The highest BCUT2D eigenvalue weighted by Crippen LogP contribution is 2.21. The second-order valence-electron chi connectivity index (χ2n) is 6.05. The number of hydrogen-bond donors (Lipinski definition) is 2. The Labute approximate surface area is 160 Å². The number of piperidine rings is 1. The van der Waals surface area contributed by atoms with Crippen molar-refractivity contribution < 1.29 is 9.53 Å². The molecule has 2 rings (SSSR count). The number of esters is 1. The Morgan fingerprint density at radius 1 is 1.32 bits per heavy atom. The third-order valence-electron chi connectivity index (χ3n) is 4.11. The summed E-state index contributed by atoms with van der Waals surface area (Å²) >= 11 is 11.5. The van der Waals surface area contributed by atoms with Crippen LogP contribution >= 0.6 is 23.8 Å². The molecule has 0 aliphatic carbocycles. The number of hydrogen-bond acceptors (Lipinski definition) is 4. The van der Waals surface area contributed by atoms with Gasteiger partial charge in [-0.3, -0.25) is 0 Å². The van der Waals surface area contributed by atoms with Crippen molar-refractivity contribution in [2.24, 2.45) is 0 Å². The topological polar surface area (TPSA) is 53.6 Å². The minimum absolute atomic E-state index is 0.320. The highest BCUT2D eigenvalue weighted by Gasteiger charge is 2.12. The zero-order valence-corrected chi connectivity index (χ0v) is 16.2. The fourth-order valence-corrected chi connectivity index (χ4v) is 3.31. The number of halogens is 1. The number of rotatable bonds is 7. The lowest BCUT2D eigenvalue weighted by molar-refractivity contribution is 0.0526. The summed E-state index contributed by atoms with van der Waals surface area (Å²) in [6.07, 6.45) is 5.05. The van der Waals surface area contributed by atoms with Crippen molar-refractivity contribution in [1.29, 1.82) is 0 Å². The van der Waals surface area contributed by atoms with Crippen LogP contribution in [-0.4, -0.2) is 48.8 Å². The number of carbonyl (C=O) groups excluding carboxylic acids is 1. The number of carbonyl (C=O) groups is 1. The molecule has 2 N–H and O–H groups in total. The molecule has 1 heterocycles. The first kappa shape index (κ1) is 19.9. The molecule has 1 fully saturated rings. The van der Waals surface area contributed by atoms with Gasteiger partial charge in [0, 0.05) is 12.2 Å². The largest absolute Gasteiger partial charge is 0.462 e. The van der Waals surface area contributed by atoms with Crippen molar-refractivity contribution in [3.8, 4) is 0 Å². The zero-order chi connectivity index (χ0) is 18.1. The first-order chi connectivity index (χ1) is 12.1. The van der Waals surface area contributed by atoms with Crippen molar-refractivity contribution in [2.75, 3.05) is 38.1 Å². The van der Waals surface area contributed by atoms with E-state index in [1.165, 1.54) is 32.4 Å². The van der Waals surface area contributed by atoms with Gasteiger partial charge in [-0.15, -0.1) is 0 Å². The Morgan fingerprint density at radius 3 is 2.76 bits per heavy atom. The van der Waals surface area contributed by atoms with E-state index in [4.69, 9.17) is 28.6 Å². The lowest BCUT2D eigenvalue weighted by Crippen LogP contribution is -2.34. The number of nitrogens with one attached hydrogen (secondary N) is 2. The number of thiocarbonyl (C=S) groups is 1. The van der Waals surface area contributed by atoms with E-state index in [0.29, 0.717) is 22.3 Å². The molecule has 138 valence electrons. The standard InChI is InChI=1S/C18H26ClN3O2S/c1-2-24-17(23)15-8-7-14(13-16(15)19)21-18(25)20-9-6-12-22-10-4-3-5-11-22/h7-8,13H,2-6,9-12H2,1H3,(H2,20,21,25). The van der Waals surface area contributed by atoms with E-state index < -0.39 is 5.97 Å². The minimum Gasteiger partial charge on any atom is -0.462 e. The van der Waals surface area contributed by atoms with Gasteiger partial charge in [0.25, 0.3) is 0 Å². The van der Waals surface area contributed by atoms with Crippen LogP contribution in [0.25, 0.3) is 0 Å². The molecule has 0 spiro atoms. The average molecular weight is 384 g/mol. The summed E-state index contributed by atoms with van der Waals surface area (Å²) in [5.74, 6) is -0.419. The molecule has 5 nitrogen and oxygen atoms in total. The van der Waals surface area contributed by atoms with Gasteiger partial charge in [0.05, 0.1) is 17.2 Å². The molecular formula is C18H26ClN3O2S. The fraction of sp³-hybridized carbons (Fsp3) is 0.556. The lowest BCUT2D eigenvalue weighted by atomic mass is 10.1. The van der Waals surface area contributed by atoms with Gasteiger partial charge in [0.2, 0.25) is 0 Å². The number of nitrogens with zero attached hydrogens (tertiary/aromatic N) is 1. The minimum atomic E-state index is -0.419. The molecule has 1 aromatic carbocycles. The normalized spacial score (nSPS) is 14.8. The lowest BCUT2D eigenvalue weighted by Gasteiger charge is -2.26. The smallest absolute Gasteiger partial charge is 0.339 e. The summed E-state index contributed by atoms with van der Waals surface area (Å²) < 4.78 is 4.96. The van der Waals surface area contributed by atoms with E-state index in [1.807, 2.05) is 0 Å². The first-order valence-electron chi connectivity index (χ1n) is 8.84. The van der Waals surface area contributed by atoms with Gasteiger partial charge in [-0.25, -0.2) is 4.79 Å². The molecule has 1 saturated heterocycles. The summed E-state index contributed by atoms with van der Waals surface area (Å²) in [6.45, 7) is 6.45. The molecule has 0 saturated carbocycles. The van der Waals surface area contributed by atoms with E-state index in [1.54, 1.807) is 25.1 Å². The third-order valence-corrected chi connectivity index (χ3v) is 4.67. The van der Waals surface area contributed by atoms with Crippen LogP contribution in [0.4, 0.5) is 5.69 Å². The second kappa shape index (κ2) is 10.6. The van der Waals surface area contributed by atoms with Gasteiger partial charge < -0.3 is 20.3 Å². The summed E-state index contributed by atoms with van der Waals surface area (Å²) in [5, 5.41) is 7.19. The van der Waals surface area contributed by atoms with Crippen LogP contribution < -0.4 is 10.6 Å². The van der Waals surface area contributed by atoms with Crippen LogP contribution in [0.5, 0.6) is 0 Å². The molecule has 0 atom stereocenters. The van der Waals surface area contributed by atoms with E-state index in [9.17, 15) is 4.79 Å². The van der Waals surface area contributed by atoms with Crippen LogP contribution in [0.2, 0.25) is 5.02 Å². The monoisotopic (exact) mass is 383 g/mol. The van der Waals surface area contributed by atoms with E-state index >= 15 is 0 Å². The van der Waals surface area contributed by atoms with Crippen molar-refractivity contribution in [3.63, 3.8) is 0 Å². The van der Waals surface area contributed by atoms with Crippen LogP contribution in [0.3, 0.4) is 0 Å². The first-order valence-corrected chi connectivity index (χ1v) is 9.62. The number of ether oxygens (including phenoxy) is 1. The molecule has 0 bridgehead atoms. The van der Waals surface area contributed by atoms with Gasteiger partial charge in [0.1, 0.15) is 0 Å². The van der Waals surface area contributed by atoms with E-state index in [2.05, 4.69) is 15.5 Å².